The molecule has 1 aliphatic heterocycles. The summed E-state index contributed by atoms with van der Waals surface area (Å²) < 4.78 is 1.95. The largest absolute Gasteiger partial charge is 0.300 e. The fraction of sp³-hybridized carbons (Fsp3) is 0.667. The Bertz CT molecular complexity index is 334. The van der Waals surface area contributed by atoms with E-state index in [1.165, 1.54) is 12.8 Å². The third-order valence-corrected chi connectivity index (χ3v) is 3.20. The lowest BCUT2D eigenvalue weighted by Crippen LogP contribution is -2.33. The van der Waals surface area contributed by atoms with Crippen LogP contribution in [0.5, 0.6) is 0 Å². The molecule has 1 aliphatic rings. The number of likely N-dealkylation sites (tertiary alicyclic amines) is 1. The maximum absolute atomic E-state index is 11.1. The van der Waals surface area contributed by atoms with Gasteiger partial charge in [0.2, 0.25) is 0 Å². The molecule has 0 spiro atoms. The standard InChI is InChI=1S/C12H19N3O/c1-11(16)10-12-4-2-6-14(12)8-9-15-7-3-5-13-15/h3,5,7,12H,2,4,6,8-10H2,1H3. The smallest absolute Gasteiger partial charge is 0.131 e. The van der Waals surface area contributed by atoms with Gasteiger partial charge in [-0.2, -0.15) is 5.10 Å². The average Bonchev–Trinajstić information content (AvgIpc) is 2.84. The Balaban J connectivity index is 1.81. The molecule has 1 aromatic heterocycles. The van der Waals surface area contributed by atoms with Crippen LogP contribution in [-0.2, 0) is 11.3 Å². The lowest BCUT2D eigenvalue weighted by molar-refractivity contribution is -0.118. The lowest BCUT2D eigenvalue weighted by atomic mass is 10.1. The zero-order valence-electron chi connectivity index (χ0n) is 9.80. The predicted octanol–water partition coefficient (Wildman–Crippen LogP) is 1.33. The molecule has 1 fully saturated rings. The summed E-state index contributed by atoms with van der Waals surface area (Å²) in [5.41, 5.74) is 0. The van der Waals surface area contributed by atoms with Crippen molar-refractivity contribution in [2.75, 3.05) is 13.1 Å². The predicted molar refractivity (Wildman–Crippen MR) is 62.1 cm³/mol. The third kappa shape index (κ3) is 2.92. The van der Waals surface area contributed by atoms with Crippen molar-refractivity contribution in [1.82, 2.24) is 14.7 Å². The van der Waals surface area contributed by atoms with E-state index < -0.39 is 0 Å². The van der Waals surface area contributed by atoms with Crippen molar-refractivity contribution in [2.24, 2.45) is 0 Å². The fourth-order valence-electron chi connectivity index (χ4n) is 2.42. The van der Waals surface area contributed by atoms with Crippen LogP contribution in [0.25, 0.3) is 0 Å². The molecule has 0 saturated carbocycles. The van der Waals surface area contributed by atoms with Crippen molar-refractivity contribution in [3.05, 3.63) is 18.5 Å². The van der Waals surface area contributed by atoms with E-state index in [9.17, 15) is 4.79 Å². The van der Waals surface area contributed by atoms with E-state index in [0.717, 1.165) is 19.6 Å². The molecule has 4 heteroatoms. The van der Waals surface area contributed by atoms with Crippen molar-refractivity contribution in [3.63, 3.8) is 0 Å². The molecule has 0 aliphatic carbocycles. The molecule has 88 valence electrons. The number of rotatable bonds is 5. The van der Waals surface area contributed by atoms with Crippen LogP contribution in [0.1, 0.15) is 26.2 Å². The maximum atomic E-state index is 11.1. The molecule has 0 bridgehead atoms. The van der Waals surface area contributed by atoms with Crippen molar-refractivity contribution in [2.45, 2.75) is 38.8 Å². The third-order valence-electron chi connectivity index (χ3n) is 3.20. The molecule has 4 nitrogen and oxygen atoms in total. The molecular formula is C12H19N3O. The Morgan fingerprint density at radius 1 is 1.50 bits per heavy atom. The topological polar surface area (TPSA) is 38.1 Å². The number of aromatic nitrogens is 2. The Morgan fingerprint density at radius 3 is 3.06 bits per heavy atom. The van der Waals surface area contributed by atoms with E-state index in [1.54, 1.807) is 13.1 Å². The normalized spacial score (nSPS) is 21.4. The summed E-state index contributed by atoms with van der Waals surface area (Å²) in [5, 5.41) is 4.19. The zero-order valence-corrected chi connectivity index (χ0v) is 9.80. The van der Waals surface area contributed by atoms with E-state index in [2.05, 4.69) is 10.00 Å². The summed E-state index contributed by atoms with van der Waals surface area (Å²) in [6.45, 7) is 4.73. The summed E-state index contributed by atoms with van der Waals surface area (Å²) in [5.74, 6) is 0.302. The molecule has 2 heterocycles. The second kappa shape index (κ2) is 5.25. The average molecular weight is 221 g/mol. The lowest BCUT2D eigenvalue weighted by Gasteiger charge is -2.23. The minimum Gasteiger partial charge on any atom is -0.300 e. The minimum absolute atomic E-state index is 0.302. The number of carbonyl (C=O) groups excluding carboxylic acids is 1. The van der Waals surface area contributed by atoms with Crippen LogP contribution < -0.4 is 0 Å². The molecule has 0 aromatic carbocycles. The summed E-state index contributed by atoms with van der Waals surface area (Å²) in [7, 11) is 0. The zero-order chi connectivity index (χ0) is 11.4. The van der Waals surface area contributed by atoms with E-state index >= 15 is 0 Å². The van der Waals surface area contributed by atoms with E-state index in [4.69, 9.17) is 0 Å². The summed E-state index contributed by atoms with van der Waals surface area (Å²) in [4.78, 5) is 13.6. The first-order valence-electron chi connectivity index (χ1n) is 5.96. The van der Waals surface area contributed by atoms with Gasteiger partial charge in [0.1, 0.15) is 5.78 Å². The van der Waals surface area contributed by atoms with Crippen LogP contribution in [0.4, 0.5) is 0 Å². The second-order valence-corrected chi connectivity index (χ2v) is 4.51. The van der Waals surface area contributed by atoms with E-state index in [1.807, 2.05) is 16.9 Å². The second-order valence-electron chi connectivity index (χ2n) is 4.51. The number of hydrogen-bond acceptors (Lipinski definition) is 3. The molecule has 1 atom stereocenters. The number of Topliss-reactive ketones (excluding diaryl/α,β-unsaturated/α-hetero) is 1. The molecule has 2 rings (SSSR count). The number of ketones is 1. The van der Waals surface area contributed by atoms with Gasteiger partial charge >= 0.3 is 0 Å². The van der Waals surface area contributed by atoms with Crippen LogP contribution in [0, 0.1) is 0 Å². The highest BCUT2D eigenvalue weighted by Crippen LogP contribution is 2.19. The molecule has 1 saturated heterocycles. The van der Waals surface area contributed by atoms with Crippen molar-refractivity contribution >= 4 is 5.78 Å². The highest BCUT2D eigenvalue weighted by Gasteiger charge is 2.24. The van der Waals surface area contributed by atoms with Crippen LogP contribution >= 0.6 is 0 Å². The Kier molecular flexibility index (Phi) is 3.72. The molecule has 16 heavy (non-hydrogen) atoms. The maximum Gasteiger partial charge on any atom is 0.131 e. The Hall–Kier alpha value is -1.16. The number of nitrogens with zero attached hydrogens (tertiary/aromatic N) is 3. The van der Waals surface area contributed by atoms with Gasteiger partial charge in [0.15, 0.2) is 0 Å². The van der Waals surface area contributed by atoms with Crippen LogP contribution in [0.2, 0.25) is 0 Å². The van der Waals surface area contributed by atoms with Gasteiger partial charge in [0, 0.05) is 31.4 Å². The minimum atomic E-state index is 0.302. The molecule has 0 amide bonds. The monoisotopic (exact) mass is 221 g/mol. The van der Waals surface area contributed by atoms with Crippen LogP contribution in [0.3, 0.4) is 0 Å². The van der Waals surface area contributed by atoms with Crippen molar-refractivity contribution in [1.29, 1.82) is 0 Å². The molecule has 1 unspecified atom stereocenters. The van der Waals surface area contributed by atoms with E-state index in [0.29, 0.717) is 18.2 Å². The summed E-state index contributed by atoms with van der Waals surface area (Å²) in [6, 6.07) is 2.41. The van der Waals surface area contributed by atoms with Gasteiger partial charge < -0.3 is 0 Å². The molecule has 0 N–H and O–H groups in total. The number of carbonyl (C=O) groups is 1. The van der Waals surface area contributed by atoms with Gasteiger partial charge in [-0.25, -0.2) is 0 Å². The van der Waals surface area contributed by atoms with Crippen LogP contribution in [-0.4, -0.2) is 39.6 Å². The Labute approximate surface area is 96.2 Å². The van der Waals surface area contributed by atoms with Gasteiger partial charge in [-0.15, -0.1) is 0 Å². The molecule has 1 aromatic rings. The SMILES string of the molecule is CC(=O)CC1CCCN1CCn1cccn1. The van der Waals surface area contributed by atoms with Crippen molar-refractivity contribution in [3.8, 4) is 0 Å². The first kappa shape index (κ1) is 11.3. The van der Waals surface area contributed by atoms with Gasteiger partial charge in [-0.3, -0.25) is 14.4 Å². The quantitative estimate of drug-likeness (QED) is 0.752. The fourth-order valence-corrected chi connectivity index (χ4v) is 2.42. The highest BCUT2D eigenvalue weighted by molar-refractivity contribution is 5.76. The van der Waals surface area contributed by atoms with Crippen molar-refractivity contribution < 1.29 is 4.79 Å². The van der Waals surface area contributed by atoms with Gasteiger partial charge in [-0.05, 0) is 32.4 Å². The van der Waals surface area contributed by atoms with Gasteiger partial charge in [-0.1, -0.05) is 0 Å². The van der Waals surface area contributed by atoms with E-state index in [-0.39, 0.29) is 0 Å². The van der Waals surface area contributed by atoms with Crippen LogP contribution in [0.15, 0.2) is 18.5 Å². The summed E-state index contributed by atoms with van der Waals surface area (Å²) >= 11 is 0. The highest BCUT2D eigenvalue weighted by atomic mass is 16.1. The molecular weight excluding hydrogens is 202 g/mol. The Morgan fingerprint density at radius 2 is 2.38 bits per heavy atom. The summed E-state index contributed by atoms with van der Waals surface area (Å²) in [6.07, 6.45) is 6.88. The molecule has 0 radical (unpaired) electrons. The van der Waals surface area contributed by atoms with Gasteiger partial charge in [0.05, 0.1) is 6.54 Å². The number of hydrogen-bond donors (Lipinski definition) is 0. The first-order valence-corrected chi connectivity index (χ1v) is 5.96. The first-order chi connectivity index (χ1) is 7.75. The van der Waals surface area contributed by atoms with Gasteiger partial charge in [0.25, 0.3) is 0 Å².